The van der Waals surface area contributed by atoms with Crippen molar-refractivity contribution in [1.82, 2.24) is 4.90 Å². The third-order valence-electron chi connectivity index (χ3n) is 4.03. The number of para-hydroxylation sites is 1. The number of hydrogen-bond donors (Lipinski definition) is 1. The molecule has 0 spiro atoms. The van der Waals surface area contributed by atoms with Gasteiger partial charge in [-0.05, 0) is 25.0 Å². The van der Waals surface area contributed by atoms with E-state index >= 15 is 0 Å². The first-order valence-electron chi connectivity index (χ1n) is 7.98. The number of hydrogen-bond acceptors (Lipinski definition) is 3. The van der Waals surface area contributed by atoms with Gasteiger partial charge in [0.05, 0.1) is 13.0 Å². The Kier molecular flexibility index (Phi) is 6.54. The summed E-state index contributed by atoms with van der Waals surface area (Å²) >= 11 is 0. The molecule has 1 saturated carbocycles. The van der Waals surface area contributed by atoms with E-state index in [-0.39, 0.29) is 5.91 Å². The Morgan fingerprint density at radius 3 is 2.57 bits per heavy atom. The van der Waals surface area contributed by atoms with Gasteiger partial charge in [-0.15, -0.1) is 0 Å². The first kappa shape index (κ1) is 15.8. The molecule has 1 aliphatic carbocycles. The summed E-state index contributed by atoms with van der Waals surface area (Å²) in [4.78, 5) is 14.4. The SMILES string of the molecule is NCCN(C(=O)CCOc1ccccc1)C1CCCCC1. The van der Waals surface area contributed by atoms with Crippen molar-refractivity contribution in [3.63, 3.8) is 0 Å². The molecule has 0 radical (unpaired) electrons. The number of rotatable bonds is 7. The Morgan fingerprint density at radius 1 is 1.19 bits per heavy atom. The van der Waals surface area contributed by atoms with E-state index in [1.54, 1.807) is 0 Å². The zero-order valence-corrected chi connectivity index (χ0v) is 12.7. The topological polar surface area (TPSA) is 55.6 Å². The predicted molar refractivity (Wildman–Crippen MR) is 84.2 cm³/mol. The molecule has 1 fully saturated rings. The maximum Gasteiger partial charge on any atom is 0.226 e. The van der Waals surface area contributed by atoms with Crippen molar-refractivity contribution in [2.75, 3.05) is 19.7 Å². The van der Waals surface area contributed by atoms with E-state index in [0.717, 1.165) is 18.6 Å². The van der Waals surface area contributed by atoms with Gasteiger partial charge in [0.1, 0.15) is 5.75 Å². The number of nitrogens with two attached hydrogens (primary N) is 1. The van der Waals surface area contributed by atoms with Gasteiger partial charge in [0.2, 0.25) is 5.91 Å². The van der Waals surface area contributed by atoms with Gasteiger partial charge in [-0.3, -0.25) is 4.79 Å². The van der Waals surface area contributed by atoms with Gasteiger partial charge in [0, 0.05) is 19.1 Å². The highest BCUT2D eigenvalue weighted by atomic mass is 16.5. The van der Waals surface area contributed by atoms with Crippen molar-refractivity contribution in [3.8, 4) is 5.75 Å². The van der Waals surface area contributed by atoms with Crippen molar-refractivity contribution in [3.05, 3.63) is 30.3 Å². The molecule has 0 aliphatic heterocycles. The molecular weight excluding hydrogens is 264 g/mol. The average molecular weight is 290 g/mol. The van der Waals surface area contributed by atoms with Crippen LogP contribution in [0, 0.1) is 0 Å². The molecular formula is C17H26N2O2. The summed E-state index contributed by atoms with van der Waals surface area (Å²) in [5.74, 6) is 0.983. The molecule has 0 heterocycles. The fraction of sp³-hybridized carbons (Fsp3) is 0.588. The van der Waals surface area contributed by atoms with Gasteiger partial charge >= 0.3 is 0 Å². The van der Waals surface area contributed by atoms with Gasteiger partial charge in [-0.1, -0.05) is 37.5 Å². The second-order valence-electron chi connectivity index (χ2n) is 5.58. The summed E-state index contributed by atoms with van der Waals surface area (Å²) < 4.78 is 5.61. The Bertz CT molecular complexity index is 416. The van der Waals surface area contributed by atoms with Gasteiger partial charge in [0.15, 0.2) is 0 Å². The van der Waals surface area contributed by atoms with Crippen LogP contribution in [0.4, 0.5) is 0 Å². The van der Waals surface area contributed by atoms with Gasteiger partial charge in [-0.25, -0.2) is 0 Å². The summed E-state index contributed by atoms with van der Waals surface area (Å²) in [5, 5.41) is 0. The fourth-order valence-electron chi connectivity index (χ4n) is 2.96. The van der Waals surface area contributed by atoms with Crippen LogP contribution < -0.4 is 10.5 Å². The van der Waals surface area contributed by atoms with Crippen molar-refractivity contribution in [1.29, 1.82) is 0 Å². The van der Waals surface area contributed by atoms with E-state index in [1.165, 1.54) is 19.3 Å². The minimum absolute atomic E-state index is 0.170. The third kappa shape index (κ3) is 5.05. The molecule has 116 valence electrons. The van der Waals surface area contributed by atoms with Gasteiger partial charge in [-0.2, -0.15) is 0 Å². The van der Waals surface area contributed by atoms with E-state index < -0.39 is 0 Å². The molecule has 2 rings (SSSR count). The number of ether oxygens (including phenoxy) is 1. The second kappa shape index (κ2) is 8.67. The number of amides is 1. The van der Waals surface area contributed by atoms with Crippen molar-refractivity contribution in [2.24, 2.45) is 5.73 Å². The first-order valence-corrected chi connectivity index (χ1v) is 7.98. The van der Waals surface area contributed by atoms with Crippen LogP contribution in [-0.4, -0.2) is 36.5 Å². The number of carbonyl (C=O) groups is 1. The molecule has 1 aromatic rings. The van der Waals surface area contributed by atoms with Crippen LogP contribution in [0.25, 0.3) is 0 Å². The largest absolute Gasteiger partial charge is 0.493 e. The zero-order valence-electron chi connectivity index (χ0n) is 12.7. The van der Waals surface area contributed by atoms with E-state index in [9.17, 15) is 4.79 Å². The lowest BCUT2D eigenvalue weighted by molar-refractivity contribution is -0.134. The van der Waals surface area contributed by atoms with Gasteiger partial charge < -0.3 is 15.4 Å². The van der Waals surface area contributed by atoms with Crippen LogP contribution in [-0.2, 0) is 4.79 Å². The first-order chi connectivity index (χ1) is 10.3. The standard InChI is InChI=1S/C17H26N2O2/c18-12-13-19(15-7-3-1-4-8-15)17(20)11-14-21-16-9-5-2-6-10-16/h2,5-6,9-10,15H,1,3-4,7-8,11-14,18H2. The molecule has 1 amide bonds. The Hall–Kier alpha value is -1.55. The average Bonchev–Trinajstić information content (AvgIpc) is 2.54. The lowest BCUT2D eigenvalue weighted by Gasteiger charge is -2.34. The zero-order chi connectivity index (χ0) is 14.9. The highest BCUT2D eigenvalue weighted by Crippen LogP contribution is 2.23. The smallest absolute Gasteiger partial charge is 0.226 e. The number of carbonyl (C=O) groups excluding carboxylic acids is 1. The lowest BCUT2D eigenvalue weighted by Crippen LogP contribution is -2.44. The van der Waals surface area contributed by atoms with Crippen molar-refractivity contribution >= 4 is 5.91 Å². The fourth-order valence-corrected chi connectivity index (χ4v) is 2.96. The van der Waals surface area contributed by atoms with E-state index in [2.05, 4.69) is 0 Å². The number of nitrogens with zero attached hydrogens (tertiary/aromatic N) is 1. The summed E-state index contributed by atoms with van der Waals surface area (Å²) in [7, 11) is 0. The van der Waals surface area contributed by atoms with Crippen LogP contribution in [0.1, 0.15) is 38.5 Å². The monoisotopic (exact) mass is 290 g/mol. The molecule has 4 nitrogen and oxygen atoms in total. The molecule has 0 aromatic heterocycles. The minimum Gasteiger partial charge on any atom is -0.493 e. The molecule has 0 bridgehead atoms. The molecule has 4 heteroatoms. The summed E-state index contributed by atoms with van der Waals surface area (Å²) in [6, 6.07) is 10.0. The number of benzene rings is 1. The predicted octanol–water partition coefficient (Wildman–Crippen LogP) is 2.58. The van der Waals surface area contributed by atoms with Crippen LogP contribution in [0.3, 0.4) is 0 Å². The second-order valence-corrected chi connectivity index (χ2v) is 5.58. The Morgan fingerprint density at radius 2 is 1.90 bits per heavy atom. The molecule has 0 atom stereocenters. The Balaban J connectivity index is 1.80. The van der Waals surface area contributed by atoms with E-state index in [0.29, 0.717) is 32.2 Å². The highest BCUT2D eigenvalue weighted by molar-refractivity contribution is 5.76. The minimum atomic E-state index is 0.170. The molecule has 0 saturated heterocycles. The summed E-state index contributed by atoms with van der Waals surface area (Å²) in [5.41, 5.74) is 5.67. The summed E-state index contributed by atoms with van der Waals surface area (Å²) in [6.45, 7) is 1.62. The lowest BCUT2D eigenvalue weighted by atomic mass is 9.94. The van der Waals surface area contributed by atoms with E-state index in [1.807, 2.05) is 35.2 Å². The van der Waals surface area contributed by atoms with Crippen molar-refractivity contribution < 1.29 is 9.53 Å². The molecule has 2 N–H and O–H groups in total. The molecule has 0 unspecified atom stereocenters. The Labute approximate surface area is 127 Å². The molecule has 1 aliphatic rings. The molecule has 1 aromatic carbocycles. The van der Waals surface area contributed by atoms with Gasteiger partial charge in [0.25, 0.3) is 0 Å². The van der Waals surface area contributed by atoms with Crippen LogP contribution in [0.2, 0.25) is 0 Å². The summed E-state index contributed by atoms with van der Waals surface area (Å²) in [6.07, 6.45) is 6.39. The maximum atomic E-state index is 12.4. The quantitative estimate of drug-likeness (QED) is 0.839. The third-order valence-corrected chi connectivity index (χ3v) is 4.03. The highest BCUT2D eigenvalue weighted by Gasteiger charge is 2.24. The normalized spacial score (nSPS) is 15.7. The van der Waals surface area contributed by atoms with Crippen LogP contribution in [0.15, 0.2) is 30.3 Å². The van der Waals surface area contributed by atoms with Crippen molar-refractivity contribution in [2.45, 2.75) is 44.6 Å². The van der Waals surface area contributed by atoms with E-state index in [4.69, 9.17) is 10.5 Å². The van der Waals surface area contributed by atoms with Crippen LogP contribution >= 0.6 is 0 Å². The molecule has 21 heavy (non-hydrogen) atoms. The maximum absolute atomic E-state index is 12.4. The van der Waals surface area contributed by atoms with Crippen LogP contribution in [0.5, 0.6) is 5.75 Å².